The van der Waals surface area contributed by atoms with Gasteiger partial charge in [-0.1, -0.05) is 15.9 Å². The van der Waals surface area contributed by atoms with Gasteiger partial charge in [-0.3, -0.25) is 9.59 Å². The van der Waals surface area contributed by atoms with Crippen LogP contribution in [0, 0.1) is 0 Å². The van der Waals surface area contributed by atoms with Gasteiger partial charge in [0.25, 0.3) is 5.91 Å². The van der Waals surface area contributed by atoms with Crippen LogP contribution < -0.4 is 16.4 Å². The minimum Gasteiger partial charge on any atom is -0.398 e. The third-order valence-corrected chi connectivity index (χ3v) is 2.84. The minimum atomic E-state index is -0.276. The van der Waals surface area contributed by atoms with Gasteiger partial charge in [0, 0.05) is 29.2 Å². The van der Waals surface area contributed by atoms with Crippen molar-refractivity contribution < 1.29 is 9.59 Å². The molecule has 0 aliphatic heterocycles. The van der Waals surface area contributed by atoms with Gasteiger partial charge in [0.05, 0.1) is 5.56 Å². The fourth-order valence-electron chi connectivity index (χ4n) is 1.52. The number of carbonyl (C=O) groups is 2. The van der Waals surface area contributed by atoms with E-state index in [0.717, 1.165) is 4.47 Å². The molecule has 0 aromatic heterocycles. The second-order valence-corrected chi connectivity index (χ2v) is 5.38. The van der Waals surface area contributed by atoms with Gasteiger partial charge in [-0.25, -0.2) is 0 Å². The molecule has 0 radical (unpaired) electrons. The predicted octanol–water partition coefficient (Wildman–Crippen LogP) is 1.68. The second kappa shape index (κ2) is 7.13. The van der Waals surface area contributed by atoms with Crippen LogP contribution in [0.3, 0.4) is 0 Å². The Kier molecular flexibility index (Phi) is 5.82. The van der Waals surface area contributed by atoms with Crippen molar-refractivity contribution >= 4 is 33.4 Å². The molecule has 19 heavy (non-hydrogen) atoms. The van der Waals surface area contributed by atoms with Crippen LogP contribution in [0.1, 0.15) is 30.6 Å². The van der Waals surface area contributed by atoms with Gasteiger partial charge >= 0.3 is 0 Å². The highest BCUT2D eigenvalue weighted by Gasteiger charge is 2.10. The molecule has 0 spiro atoms. The number of hydrogen-bond donors (Lipinski definition) is 3. The van der Waals surface area contributed by atoms with Crippen molar-refractivity contribution in [3.05, 3.63) is 28.2 Å². The number of benzene rings is 1. The summed E-state index contributed by atoms with van der Waals surface area (Å²) in [5.41, 5.74) is 6.56. The molecule has 2 amide bonds. The summed E-state index contributed by atoms with van der Waals surface area (Å²) >= 11 is 3.28. The van der Waals surface area contributed by atoms with Gasteiger partial charge in [-0.2, -0.15) is 0 Å². The molecule has 0 bridgehead atoms. The third kappa shape index (κ3) is 5.30. The zero-order chi connectivity index (χ0) is 14.4. The van der Waals surface area contributed by atoms with E-state index >= 15 is 0 Å². The normalized spacial score (nSPS) is 10.3. The molecule has 1 aromatic carbocycles. The maximum Gasteiger partial charge on any atom is 0.253 e. The van der Waals surface area contributed by atoms with Gasteiger partial charge in [0.15, 0.2) is 0 Å². The molecule has 6 heteroatoms. The third-order valence-electron chi connectivity index (χ3n) is 2.35. The van der Waals surface area contributed by atoms with Crippen LogP contribution in [0.15, 0.2) is 22.7 Å². The monoisotopic (exact) mass is 327 g/mol. The topological polar surface area (TPSA) is 84.2 Å². The summed E-state index contributed by atoms with van der Waals surface area (Å²) in [6.07, 6.45) is 0.250. The smallest absolute Gasteiger partial charge is 0.253 e. The highest BCUT2D eigenvalue weighted by atomic mass is 79.9. The molecule has 0 heterocycles. The second-order valence-electron chi connectivity index (χ2n) is 4.46. The van der Waals surface area contributed by atoms with E-state index in [-0.39, 0.29) is 30.8 Å². The van der Waals surface area contributed by atoms with Crippen LogP contribution in [0.2, 0.25) is 0 Å². The van der Waals surface area contributed by atoms with Gasteiger partial charge in [-0.05, 0) is 32.0 Å². The number of hydrogen-bond acceptors (Lipinski definition) is 3. The maximum absolute atomic E-state index is 11.8. The molecule has 5 nitrogen and oxygen atoms in total. The molecule has 104 valence electrons. The van der Waals surface area contributed by atoms with Crippen molar-refractivity contribution in [3.8, 4) is 0 Å². The van der Waals surface area contributed by atoms with Crippen LogP contribution >= 0.6 is 15.9 Å². The van der Waals surface area contributed by atoms with Crippen LogP contribution in [0.5, 0.6) is 0 Å². The van der Waals surface area contributed by atoms with E-state index in [1.54, 1.807) is 18.2 Å². The number of anilines is 1. The highest BCUT2D eigenvalue weighted by Crippen LogP contribution is 2.18. The number of rotatable bonds is 5. The highest BCUT2D eigenvalue weighted by molar-refractivity contribution is 9.10. The van der Waals surface area contributed by atoms with Gasteiger partial charge in [0.2, 0.25) is 5.91 Å². The molecule has 1 aromatic rings. The fourth-order valence-corrected chi connectivity index (χ4v) is 1.90. The number of nitrogen functional groups attached to an aromatic ring is 1. The molecule has 0 aliphatic carbocycles. The Hall–Kier alpha value is -1.56. The lowest BCUT2D eigenvalue weighted by Gasteiger charge is -2.10. The van der Waals surface area contributed by atoms with Gasteiger partial charge < -0.3 is 16.4 Å². The first-order chi connectivity index (χ1) is 8.90. The number of amides is 2. The molecule has 1 rings (SSSR count). The van der Waals surface area contributed by atoms with E-state index in [9.17, 15) is 9.59 Å². The Morgan fingerprint density at radius 2 is 2.05 bits per heavy atom. The Morgan fingerprint density at radius 3 is 2.63 bits per heavy atom. The molecule has 0 fully saturated rings. The van der Waals surface area contributed by atoms with Gasteiger partial charge in [0.1, 0.15) is 0 Å². The van der Waals surface area contributed by atoms with E-state index in [4.69, 9.17) is 5.73 Å². The van der Waals surface area contributed by atoms with Crippen LogP contribution in [0.4, 0.5) is 5.69 Å². The molecule has 0 atom stereocenters. The van der Waals surface area contributed by atoms with Crippen molar-refractivity contribution in [1.82, 2.24) is 10.6 Å². The Balaban J connectivity index is 2.45. The summed E-state index contributed by atoms with van der Waals surface area (Å²) in [5, 5.41) is 5.42. The Bertz CT molecular complexity index is 475. The predicted molar refractivity (Wildman–Crippen MR) is 78.8 cm³/mol. The maximum atomic E-state index is 11.8. The summed E-state index contributed by atoms with van der Waals surface area (Å²) in [6.45, 7) is 4.06. The summed E-state index contributed by atoms with van der Waals surface area (Å²) in [7, 11) is 0. The van der Waals surface area contributed by atoms with Crippen LogP contribution in [-0.4, -0.2) is 24.4 Å². The van der Waals surface area contributed by atoms with E-state index in [1.807, 2.05) is 13.8 Å². The number of nitrogens with one attached hydrogen (secondary N) is 2. The van der Waals surface area contributed by atoms with E-state index in [2.05, 4.69) is 26.6 Å². The molecule has 0 saturated heterocycles. The molecule has 0 unspecified atom stereocenters. The van der Waals surface area contributed by atoms with Crippen molar-refractivity contribution in [3.63, 3.8) is 0 Å². The van der Waals surface area contributed by atoms with Crippen molar-refractivity contribution in [2.75, 3.05) is 12.3 Å². The van der Waals surface area contributed by atoms with E-state index < -0.39 is 0 Å². The van der Waals surface area contributed by atoms with Crippen molar-refractivity contribution in [2.45, 2.75) is 26.3 Å². The molecule has 0 aliphatic rings. The standard InChI is InChI=1S/C13H18BrN3O2/c1-8(2)17-12(18)5-6-16-13(19)10-4-3-9(14)7-11(10)15/h3-4,7-8H,5-6,15H2,1-2H3,(H,16,19)(H,17,18). The molecule has 0 saturated carbocycles. The first kappa shape index (κ1) is 15.5. The van der Waals surface area contributed by atoms with Crippen LogP contribution in [-0.2, 0) is 4.79 Å². The number of halogens is 1. The van der Waals surface area contributed by atoms with Gasteiger partial charge in [-0.15, -0.1) is 0 Å². The minimum absolute atomic E-state index is 0.0842. The fraction of sp³-hybridized carbons (Fsp3) is 0.385. The van der Waals surface area contributed by atoms with Crippen LogP contribution in [0.25, 0.3) is 0 Å². The molecular weight excluding hydrogens is 310 g/mol. The van der Waals surface area contributed by atoms with E-state index in [0.29, 0.717) is 11.3 Å². The number of nitrogens with two attached hydrogens (primary N) is 1. The number of carbonyl (C=O) groups excluding carboxylic acids is 2. The lowest BCUT2D eigenvalue weighted by atomic mass is 10.1. The quantitative estimate of drug-likeness (QED) is 0.719. The summed E-state index contributed by atoms with van der Waals surface area (Å²) in [4.78, 5) is 23.2. The zero-order valence-corrected chi connectivity index (χ0v) is 12.6. The molecular formula is C13H18BrN3O2. The van der Waals surface area contributed by atoms with Crippen molar-refractivity contribution in [1.29, 1.82) is 0 Å². The molecule has 4 N–H and O–H groups in total. The van der Waals surface area contributed by atoms with E-state index in [1.165, 1.54) is 0 Å². The largest absolute Gasteiger partial charge is 0.398 e. The average Bonchev–Trinajstić information content (AvgIpc) is 2.27. The SMILES string of the molecule is CC(C)NC(=O)CCNC(=O)c1ccc(Br)cc1N. The summed E-state index contributed by atoms with van der Waals surface area (Å²) in [5.74, 6) is -0.360. The Labute approximate surface area is 121 Å². The summed E-state index contributed by atoms with van der Waals surface area (Å²) < 4.78 is 0.817. The zero-order valence-electron chi connectivity index (χ0n) is 11.0. The summed E-state index contributed by atoms with van der Waals surface area (Å²) in [6, 6.07) is 5.16. The van der Waals surface area contributed by atoms with Crippen molar-refractivity contribution in [2.24, 2.45) is 0 Å². The lowest BCUT2D eigenvalue weighted by molar-refractivity contribution is -0.121. The first-order valence-corrected chi connectivity index (χ1v) is 6.82. The Morgan fingerprint density at radius 1 is 1.37 bits per heavy atom. The average molecular weight is 328 g/mol. The first-order valence-electron chi connectivity index (χ1n) is 6.02. The lowest BCUT2D eigenvalue weighted by Crippen LogP contribution is -2.34.